The number of hydrogen-bond acceptors (Lipinski definition) is 5. The van der Waals surface area contributed by atoms with E-state index in [2.05, 4.69) is 36.4 Å². The highest BCUT2D eigenvalue weighted by Gasteiger charge is 2.31. The van der Waals surface area contributed by atoms with Gasteiger partial charge in [0.15, 0.2) is 0 Å². The first kappa shape index (κ1) is 14.4. The predicted octanol–water partition coefficient (Wildman–Crippen LogP) is 0.664. The Morgan fingerprint density at radius 2 is 2.11 bits per heavy atom. The van der Waals surface area contributed by atoms with Crippen molar-refractivity contribution in [3.63, 3.8) is 0 Å². The molecule has 1 fully saturated rings. The highest BCUT2D eigenvalue weighted by molar-refractivity contribution is 4.98. The van der Waals surface area contributed by atoms with Crippen molar-refractivity contribution in [2.45, 2.75) is 51.2 Å². The molecule has 1 aliphatic rings. The largest absolute Gasteiger partial charge is 0.394 e. The van der Waals surface area contributed by atoms with Crippen molar-refractivity contribution < 1.29 is 9.84 Å². The number of aliphatic hydroxyl groups is 1. The van der Waals surface area contributed by atoms with Crippen molar-refractivity contribution in [2.24, 2.45) is 0 Å². The van der Waals surface area contributed by atoms with Gasteiger partial charge in [0.05, 0.1) is 24.0 Å². The summed E-state index contributed by atoms with van der Waals surface area (Å²) in [6.45, 7) is 8.41. The van der Waals surface area contributed by atoms with Gasteiger partial charge < -0.3 is 15.2 Å². The molecule has 2 rings (SSSR count). The lowest BCUT2D eigenvalue weighted by molar-refractivity contribution is 0.0110. The summed E-state index contributed by atoms with van der Waals surface area (Å²) in [7, 11) is 0. The summed E-state index contributed by atoms with van der Waals surface area (Å²) in [4.78, 5) is 0. The van der Waals surface area contributed by atoms with Gasteiger partial charge in [0.2, 0.25) is 0 Å². The minimum absolute atomic E-state index is 0.0570. The fourth-order valence-electron chi connectivity index (χ4n) is 2.14. The molecule has 6 heteroatoms. The highest BCUT2D eigenvalue weighted by Crippen LogP contribution is 2.20. The topological polar surface area (TPSA) is 72.2 Å². The molecule has 0 unspecified atom stereocenters. The van der Waals surface area contributed by atoms with Crippen molar-refractivity contribution >= 4 is 0 Å². The van der Waals surface area contributed by atoms with Crippen LogP contribution in [-0.2, 0) is 16.8 Å². The van der Waals surface area contributed by atoms with Gasteiger partial charge in [-0.1, -0.05) is 5.21 Å². The average Bonchev–Trinajstić information content (AvgIpc) is 2.86. The molecule has 2 heterocycles. The molecule has 0 saturated carbocycles. The van der Waals surface area contributed by atoms with Crippen molar-refractivity contribution in [3.05, 3.63) is 11.9 Å². The minimum atomic E-state index is -0.232. The molecule has 1 saturated heterocycles. The van der Waals surface area contributed by atoms with Gasteiger partial charge in [-0.05, 0) is 33.6 Å². The zero-order chi connectivity index (χ0) is 13.9. The Kier molecular flexibility index (Phi) is 4.23. The van der Waals surface area contributed by atoms with E-state index in [9.17, 15) is 5.11 Å². The standard InChI is InChI=1S/C13H24N4O2/c1-12(2,3)17-9-11(15-16-17)8-14-13(10-18)4-6-19-7-5-13/h9,14,18H,4-8,10H2,1-3H3. The minimum Gasteiger partial charge on any atom is -0.394 e. The Bertz CT molecular complexity index is 405. The van der Waals surface area contributed by atoms with Crippen LogP contribution in [0.4, 0.5) is 0 Å². The normalized spacial score (nSPS) is 19.6. The van der Waals surface area contributed by atoms with Gasteiger partial charge in [-0.3, -0.25) is 0 Å². The summed E-state index contributed by atoms with van der Waals surface area (Å²) in [6, 6.07) is 0. The number of aliphatic hydroxyl groups excluding tert-OH is 1. The summed E-state index contributed by atoms with van der Waals surface area (Å²) in [5, 5.41) is 21.3. The zero-order valence-corrected chi connectivity index (χ0v) is 12.0. The Balaban J connectivity index is 1.96. The number of aromatic nitrogens is 3. The summed E-state index contributed by atoms with van der Waals surface area (Å²) in [6.07, 6.45) is 3.62. The second-order valence-corrected chi connectivity index (χ2v) is 6.23. The van der Waals surface area contributed by atoms with Gasteiger partial charge in [0, 0.05) is 25.3 Å². The van der Waals surface area contributed by atoms with Crippen LogP contribution in [0.15, 0.2) is 6.20 Å². The first-order valence-electron chi connectivity index (χ1n) is 6.81. The van der Waals surface area contributed by atoms with Crippen LogP contribution in [0.2, 0.25) is 0 Å². The Labute approximate surface area is 114 Å². The Hall–Kier alpha value is -0.980. The van der Waals surface area contributed by atoms with E-state index < -0.39 is 0 Å². The van der Waals surface area contributed by atoms with Crippen LogP contribution >= 0.6 is 0 Å². The van der Waals surface area contributed by atoms with Gasteiger partial charge in [0.1, 0.15) is 0 Å². The van der Waals surface area contributed by atoms with Crippen molar-refractivity contribution in [3.8, 4) is 0 Å². The molecule has 6 nitrogen and oxygen atoms in total. The average molecular weight is 268 g/mol. The monoisotopic (exact) mass is 268 g/mol. The molecule has 0 spiro atoms. The molecule has 0 aromatic carbocycles. The molecule has 2 N–H and O–H groups in total. The molecule has 0 aliphatic carbocycles. The number of nitrogens with zero attached hydrogens (tertiary/aromatic N) is 3. The van der Waals surface area contributed by atoms with Crippen LogP contribution in [0.25, 0.3) is 0 Å². The van der Waals surface area contributed by atoms with Crippen LogP contribution in [0.3, 0.4) is 0 Å². The predicted molar refractivity (Wildman–Crippen MR) is 71.7 cm³/mol. The van der Waals surface area contributed by atoms with Gasteiger partial charge >= 0.3 is 0 Å². The third-order valence-electron chi connectivity index (χ3n) is 3.63. The summed E-state index contributed by atoms with van der Waals surface area (Å²) < 4.78 is 7.20. The third kappa shape index (κ3) is 3.52. The van der Waals surface area contributed by atoms with Gasteiger partial charge in [-0.15, -0.1) is 5.10 Å². The van der Waals surface area contributed by atoms with Gasteiger partial charge in [0.25, 0.3) is 0 Å². The van der Waals surface area contributed by atoms with E-state index in [0.29, 0.717) is 19.8 Å². The lowest BCUT2D eigenvalue weighted by Gasteiger charge is -2.36. The molecule has 108 valence electrons. The van der Waals surface area contributed by atoms with E-state index in [4.69, 9.17) is 4.74 Å². The lowest BCUT2D eigenvalue weighted by Crippen LogP contribution is -2.51. The van der Waals surface area contributed by atoms with E-state index in [1.54, 1.807) is 0 Å². The van der Waals surface area contributed by atoms with Crippen molar-refractivity contribution in [1.29, 1.82) is 0 Å². The summed E-state index contributed by atoms with van der Waals surface area (Å²) >= 11 is 0. The molecule has 1 aromatic heterocycles. The van der Waals surface area contributed by atoms with Gasteiger partial charge in [-0.2, -0.15) is 0 Å². The van der Waals surface area contributed by atoms with Crippen LogP contribution < -0.4 is 5.32 Å². The van der Waals surface area contributed by atoms with E-state index in [-0.39, 0.29) is 17.7 Å². The second-order valence-electron chi connectivity index (χ2n) is 6.23. The SMILES string of the molecule is CC(C)(C)n1cc(CNC2(CO)CCOCC2)nn1. The molecular weight excluding hydrogens is 244 g/mol. The zero-order valence-electron chi connectivity index (χ0n) is 12.0. The highest BCUT2D eigenvalue weighted by atomic mass is 16.5. The molecule has 0 radical (unpaired) electrons. The molecule has 0 atom stereocenters. The molecule has 0 bridgehead atoms. The van der Waals surface area contributed by atoms with Crippen LogP contribution in [0.5, 0.6) is 0 Å². The van der Waals surface area contributed by atoms with Crippen LogP contribution in [-0.4, -0.2) is 45.5 Å². The first-order valence-corrected chi connectivity index (χ1v) is 6.81. The third-order valence-corrected chi connectivity index (χ3v) is 3.63. The fraction of sp³-hybridized carbons (Fsp3) is 0.846. The number of nitrogens with one attached hydrogen (secondary N) is 1. The second kappa shape index (κ2) is 5.56. The van der Waals surface area contributed by atoms with Crippen molar-refractivity contribution in [2.75, 3.05) is 19.8 Å². The van der Waals surface area contributed by atoms with Crippen LogP contribution in [0.1, 0.15) is 39.3 Å². The van der Waals surface area contributed by atoms with E-state index in [1.165, 1.54) is 0 Å². The quantitative estimate of drug-likeness (QED) is 0.839. The van der Waals surface area contributed by atoms with E-state index >= 15 is 0 Å². The number of ether oxygens (including phenoxy) is 1. The smallest absolute Gasteiger partial charge is 0.0965 e. The number of hydrogen-bond donors (Lipinski definition) is 2. The maximum absolute atomic E-state index is 9.59. The van der Waals surface area contributed by atoms with Gasteiger partial charge in [-0.25, -0.2) is 4.68 Å². The Morgan fingerprint density at radius 1 is 1.42 bits per heavy atom. The van der Waals surface area contributed by atoms with E-state index in [0.717, 1.165) is 18.5 Å². The summed E-state index contributed by atoms with van der Waals surface area (Å²) in [5.74, 6) is 0. The van der Waals surface area contributed by atoms with Crippen LogP contribution in [0, 0.1) is 0 Å². The van der Waals surface area contributed by atoms with Crippen molar-refractivity contribution in [1.82, 2.24) is 20.3 Å². The maximum atomic E-state index is 9.59. The molecular formula is C13H24N4O2. The number of rotatable bonds is 4. The van der Waals surface area contributed by atoms with E-state index in [1.807, 2.05) is 10.9 Å². The first-order chi connectivity index (χ1) is 8.95. The summed E-state index contributed by atoms with van der Waals surface area (Å²) in [5.41, 5.74) is 0.608. The fourth-order valence-corrected chi connectivity index (χ4v) is 2.14. The molecule has 19 heavy (non-hydrogen) atoms. The molecule has 1 aliphatic heterocycles. The lowest BCUT2D eigenvalue weighted by atomic mass is 9.91. The maximum Gasteiger partial charge on any atom is 0.0965 e. The molecule has 1 aromatic rings. The Morgan fingerprint density at radius 3 is 2.63 bits per heavy atom. The molecule has 0 amide bonds.